The van der Waals surface area contributed by atoms with Gasteiger partial charge in [0.15, 0.2) is 0 Å². The molecule has 1 aromatic heterocycles. The normalized spacial score (nSPS) is 10.9. The molecule has 134 valence electrons. The predicted octanol–water partition coefficient (Wildman–Crippen LogP) is 3.24. The largest absolute Gasteiger partial charge is 0.341 e. The van der Waals surface area contributed by atoms with Gasteiger partial charge in [-0.05, 0) is 24.3 Å². The average Bonchev–Trinajstić information content (AvgIpc) is 2.64. The summed E-state index contributed by atoms with van der Waals surface area (Å²) in [4.78, 5) is 25.7. The SMILES string of the molecule is CN(Cc1c(F)cccc1Cl)C(=O)CCn1ncc(=O)c2ccccc21. The number of aryl methyl sites for hydroxylation is 1. The fourth-order valence-electron chi connectivity index (χ4n) is 2.74. The first-order valence-corrected chi connectivity index (χ1v) is 8.47. The zero-order valence-electron chi connectivity index (χ0n) is 14.2. The van der Waals surface area contributed by atoms with Gasteiger partial charge in [-0.15, -0.1) is 0 Å². The van der Waals surface area contributed by atoms with Gasteiger partial charge >= 0.3 is 0 Å². The molecular weight excluding hydrogens is 357 g/mol. The molecule has 0 fully saturated rings. The predicted molar refractivity (Wildman–Crippen MR) is 98.5 cm³/mol. The van der Waals surface area contributed by atoms with Gasteiger partial charge in [0.1, 0.15) is 5.82 Å². The Labute approximate surface area is 154 Å². The molecule has 1 amide bonds. The Kier molecular flexibility index (Phi) is 5.32. The first kappa shape index (κ1) is 18.1. The van der Waals surface area contributed by atoms with Crippen molar-refractivity contribution < 1.29 is 9.18 Å². The fourth-order valence-corrected chi connectivity index (χ4v) is 2.96. The van der Waals surface area contributed by atoms with Gasteiger partial charge in [-0.2, -0.15) is 5.10 Å². The molecule has 0 N–H and O–H groups in total. The van der Waals surface area contributed by atoms with Crippen LogP contribution in [0, 0.1) is 5.82 Å². The van der Waals surface area contributed by atoms with Crippen LogP contribution in [0.5, 0.6) is 0 Å². The second-order valence-electron chi connectivity index (χ2n) is 5.95. The lowest BCUT2D eigenvalue weighted by Crippen LogP contribution is -2.28. The van der Waals surface area contributed by atoms with E-state index in [1.165, 1.54) is 23.2 Å². The van der Waals surface area contributed by atoms with Gasteiger partial charge in [0, 0.05) is 36.0 Å². The number of halogens is 2. The Bertz CT molecular complexity index is 999. The Balaban J connectivity index is 1.71. The van der Waals surface area contributed by atoms with E-state index in [4.69, 9.17) is 11.6 Å². The summed E-state index contributed by atoms with van der Waals surface area (Å²) in [5, 5.41) is 4.95. The van der Waals surface area contributed by atoms with Crippen LogP contribution in [0.25, 0.3) is 10.9 Å². The smallest absolute Gasteiger partial charge is 0.224 e. The van der Waals surface area contributed by atoms with Gasteiger partial charge in [-0.25, -0.2) is 4.39 Å². The summed E-state index contributed by atoms with van der Waals surface area (Å²) in [6.45, 7) is 0.400. The lowest BCUT2D eigenvalue weighted by atomic mass is 10.2. The Morgan fingerprint density at radius 3 is 2.77 bits per heavy atom. The third-order valence-corrected chi connectivity index (χ3v) is 4.54. The van der Waals surface area contributed by atoms with Gasteiger partial charge in [0.2, 0.25) is 11.3 Å². The maximum Gasteiger partial charge on any atom is 0.224 e. The molecule has 2 aromatic carbocycles. The summed E-state index contributed by atoms with van der Waals surface area (Å²) >= 11 is 6.01. The minimum atomic E-state index is -0.440. The fraction of sp³-hybridized carbons (Fsp3) is 0.211. The molecule has 5 nitrogen and oxygen atoms in total. The summed E-state index contributed by atoms with van der Waals surface area (Å²) in [6, 6.07) is 11.5. The number of rotatable bonds is 5. The number of amides is 1. The van der Waals surface area contributed by atoms with Crippen LogP contribution in [-0.4, -0.2) is 27.6 Å². The Morgan fingerprint density at radius 2 is 2.00 bits per heavy atom. The van der Waals surface area contributed by atoms with Crippen molar-refractivity contribution in [2.24, 2.45) is 0 Å². The highest BCUT2D eigenvalue weighted by atomic mass is 35.5. The van der Waals surface area contributed by atoms with Crippen LogP contribution in [0.2, 0.25) is 5.02 Å². The van der Waals surface area contributed by atoms with E-state index >= 15 is 0 Å². The first-order valence-electron chi connectivity index (χ1n) is 8.09. The summed E-state index contributed by atoms with van der Waals surface area (Å²) in [5.74, 6) is -0.612. The maximum atomic E-state index is 13.9. The van der Waals surface area contributed by atoms with E-state index in [1.807, 2.05) is 6.07 Å². The van der Waals surface area contributed by atoms with E-state index in [0.29, 0.717) is 17.4 Å². The van der Waals surface area contributed by atoms with Crippen molar-refractivity contribution in [1.29, 1.82) is 0 Å². The van der Waals surface area contributed by atoms with Crippen molar-refractivity contribution >= 4 is 28.4 Å². The molecule has 26 heavy (non-hydrogen) atoms. The molecule has 0 saturated heterocycles. The van der Waals surface area contributed by atoms with E-state index in [-0.39, 0.29) is 34.9 Å². The number of para-hydroxylation sites is 1. The minimum absolute atomic E-state index is 0.0860. The molecule has 3 rings (SSSR count). The van der Waals surface area contributed by atoms with Crippen LogP contribution in [0.3, 0.4) is 0 Å². The minimum Gasteiger partial charge on any atom is -0.341 e. The maximum absolute atomic E-state index is 13.9. The highest BCUT2D eigenvalue weighted by Crippen LogP contribution is 2.20. The highest BCUT2D eigenvalue weighted by Gasteiger charge is 2.15. The van der Waals surface area contributed by atoms with E-state index in [9.17, 15) is 14.0 Å². The number of carbonyl (C=O) groups excluding carboxylic acids is 1. The van der Waals surface area contributed by atoms with Crippen molar-refractivity contribution in [3.8, 4) is 0 Å². The topological polar surface area (TPSA) is 55.2 Å². The van der Waals surface area contributed by atoms with Crippen molar-refractivity contribution in [2.45, 2.75) is 19.5 Å². The second-order valence-corrected chi connectivity index (χ2v) is 6.36. The van der Waals surface area contributed by atoms with Gasteiger partial charge in [0.25, 0.3) is 0 Å². The van der Waals surface area contributed by atoms with E-state index in [2.05, 4.69) is 5.10 Å². The summed E-state index contributed by atoms with van der Waals surface area (Å²) in [5.41, 5.74) is 0.805. The van der Waals surface area contributed by atoms with Crippen LogP contribution < -0.4 is 5.43 Å². The van der Waals surface area contributed by atoms with Gasteiger partial charge in [-0.1, -0.05) is 29.8 Å². The number of hydrogen-bond acceptors (Lipinski definition) is 3. The first-order chi connectivity index (χ1) is 12.5. The molecule has 0 radical (unpaired) electrons. The molecule has 0 bridgehead atoms. The lowest BCUT2D eigenvalue weighted by molar-refractivity contribution is -0.130. The molecule has 3 aromatic rings. The molecule has 0 unspecified atom stereocenters. The zero-order valence-corrected chi connectivity index (χ0v) is 14.9. The van der Waals surface area contributed by atoms with Crippen LogP contribution in [0.1, 0.15) is 12.0 Å². The van der Waals surface area contributed by atoms with Crippen molar-refractivity contribution in [2.75, 3.05) is 7.05 Å². The van der Waals surface area contributed by atoms with Crippen LogP contribution in [0.15, 0.2) is 53.5 Å². The molecule has 0 atom stereocenters. The second kappa shape index (κ2) is 7.66. The number of aromatic nitrogens is 2. The van der Waals surface area contributed by atoms with Gasteiger partial charge < -0.3 is 4.90 Å². The van der Waals surface area contributed by atoms with Crippen LogP contribution in [0.4, 0.5) is 4.39 Å². The van der Waals surface area contributed by atoms with Crippen LogP contribution >= 0.6 is 11.6 Å². The molecule has 0 spiro atoms. The molecule has 1 heterocycles. The van der Waals surface area contributed by atoms with Crippen molar-refractivity contribution in [3.63, 3.8) is 0 Å². The lowest BCUT2D eigenvalue weighted by Gasteiger charge is -2.19. The highest BCUT2D eigenvalue weighted by molar-refractivity contribution is 6.31. The van der Waals surface area contributed by atoms with E-state index in [0.717, 1.165) is 0 Å². The molecule has 0 saturated carbocycles. The average molecular weight is 374 g/mol. The van der Waals surface area contributed by atoms with Gasteiger partial charge in [-0.3, -0.25) is 14.3 Å². The Morgan fingerprint density at radius 1 is 1.23 bits per heavy atom. The number of nitrogens with zero attached hydrogens (tertiary/aromatic N) is 3. The van der Waals surface area contributed by atoms with Crippen LogP contribution in [-0.2, 0) is 17.9 Å². The molecule has 0 aliphatic heterocycles. The summed E-state index contributed by atoms with van der Waals surface area (Å²) < 4.78 is 15.5. The summed E-state index contributed by atoms with van der Waals surface area (Å²) in [6.07, 6.45) is 1.41. The number of carbonyl (C=O) groups is 1. The number of fused-ring (bicyclic) bond motifs is 1. The quantitative estimate of drug-likeness (QED) is 0.690. The monoisotopic (exact) mass is 373 g/mol. The van der Waals surface area contributed by atoms with E-state index < -0.39 is 5.82 Å². The third-order valence-electron chi connectivity index (χ3n) is 4.18. The molecular formula is C19H17ClFN3O2. The standard InChI is InChI=1S/C19H17ClFN3O2/c1-23(12-14-15(20)6-4-7-16(14)21)19(26)9-10-24-17-8-3-2-5-13(17)18(25)11-22-24/h2-8,11H,9-10,12H2,1H3. The molecule has 7 heteroatoms. The molecule has 0 aliphatic rings. The third kappa shape index (κ3) is 3.75. The molecule has 0 aliphatic carbocycles. The summed E-state index contributed by atoms with van der Waals surface area (Å²) in [7, 11) is 1.60. The number of benzene rings is 2. The van der Waals surface area contributed by atoms with Crippen molar-refractivity contribution in [1.82, 2.24) is 14.7 Å². The van der Waals surface area contributed by atoms with Crippen molar-refractivity contribution in [3.05, 3.63) is 75.3 Å². The van der Waals surface area contributed by atoms with E-state index in [1.54, 1.807) is 36.0 Å². The zero-order chi connectivity index (χ0) is 18.7. The van der Waals surface area contributed by atoms with Gasteiger partial charge in [0.05, 0.1) is 18.3 Å². The Hall–Kier alpha value is -2.73. The number of hydrogen-bond donors (Lipinski definition) is 0.